The van der Waals surface area contributed by atoms with E-state index in [2.05, 4.69) is 0 Å². The van der Waals surface area contributed by atoms with Crippen LogP contribution >= 0.6 is 0 Å². The number of amides is 3. The van der Waals surface area contributed by atoms with Crippen molar-refractivity contribution in [3.05, 3.63) is 65.0 Å². The number of hydrogen-bond donors (Lipinski definition) is 0. The van der Waals surface area contributed by atoms with Crippen LogP contribution in [0.25, 0.3) is 0 Å². The van der Waals surface area contributed by atoms with Crippen molar-refractivity contribution in [2.75, 3.05) is 13.1 Å². The van der Waals surface area contributed by atoms with Crippen molar-refractivity contribution in [2.24, 2.45) is 0 Å². The van der Waals surface area contributed by atoms with Gasteiger partial charge in [0.15, 0.2) is 0 Å². The lowest BCUT2D eigenvalue weighted by atomic mass is 10.0. The van der Waals surface area contributed by atoms with Gasteiger partial charge in [0, 0.05) is 44.5 Å². The average molecular weight is 473 g/mol. The molecule has 4 rings (SSSR count). The van der Waals surface area contributed by atoms with Gasteiger partial charge >= 0.3 is 6.18 Å². The predicted molar refractivity (Wildman–Crippen MR) is 117 cm³/mol. The number of halogens is 3. The topological polar surface area (TPSA) is 70.6 Å². The summed E-state index contributed by atoms with van der Waals surface area (Å²) < 4.78 is 38.4. The van der Waals surface area contributed by atoms with Gasteiger partial charge in [-0.05, 0) is 49.1 Å². The molecule has 0 spiro atoms. The minimum atomic E-state index is -4.37. The number of nitrogens with zero attached hydrogens (tertiary/aromatic N) is 3. The third-order valence-corrected chi connectivity index (χ3v) is 6.34. The first-order chi connectivity index (χ1) is 16.2. The molecule has 1 aromatic carbocycles. The minimum absolute atomic E-state index is 0.0826. The molecule has 34 heavy (non-hydrogen) atoms. The van der Waals surface area contributed by atoms with Gasteiger partial charge in [-0.1, -0.05) is 18.2 Å². The van der Waals surface area contributed by atoms with E-state index in [1.807, 2.05) is 18.2 Å². The van der Waals surface area contributed by atoms with E-state index >= 15 is 0 Å². The van der Waals surface area contributed by atoms with Crippen molar-refractivity contribution in [1.29, 1.82) is 0 Å². The van der Waals surface area contributed by atoms with Gasteiger partial charge in [0.05, 0.1) is 17.3 Å². The minimum Gasteiger partial charge on any atom is -0.334 e. The van der Waals surface area contributed by atoms with Gasteiger partial charge in [-0.2, -0.15) is 13.2 Å². The van der Waals surface area contributed by atoms with Gasteiger partial charge in [0.2, 0.25) is 17.7 Å². The molecule has 3 amide bonds. The summed E-state index contributed by atoms with van der Waals surface area (Å²) in [4.78, 5) is 44.6. The molecule has 0 bridgehead atoms. The Balaban J connectivity index is 1.41. The summed E-state index contributed by atoms with van der Waals surface area (Å²) in [5, 5.41) is 0. The monoisotopic (exact) mass is 473 g/mol. The number of likely N-dealkylation sites (tertiary alicyclic amines) is 2. The molecule has 0 aliphatic carbocycles. The van der Waals surface area contributed by atoms with Crippen molar-refractivity contribution < 1.29 is 27.6 Å². The molecule has 180 valence electrons. The third kappa shape index (κ3) is 5.46. The first kappa shape index (κ1) is 23.9. The zero-order valence-electron chi connectivity index (χ0n) is 18.7. The lowest BCUT2D eigenvalue weighted by molar-refractivity contribution is -0.148. The summed E-state index contributed by atoms with van der Waals surface area (Å²) in [7, 11) is 0. The van der Waals surface area contributed by atoms with Crippen molar-refractivity contribution in [1.82, 2.24) is 14.8 Å². The number of rotatable bonds is 6. The summed E-state index contributed by atoms with van der Waals surface area (Å²) in [5.41, 5.74) is 1.47. The molecule has 9 heteroatoms. The molecule has 0 N–H and O–H groups in total. The van der Waals surface area contributed by atoms with Crippen LogP contribution in [0.4, 0.5) is 13.2 Å². The summed E-state index contributed by atoms with van der Waals surface area (Å²) in [6.07, 6.45) is -1.10. The van der Waals surface area contributed by atoms with Gasteiger partial charge < -0.3 is 4.90 Å². The van der Waals surface area contributed by atoms with E-state index in [0.717, 1.165) is 30.7 Å². The fourth-order valence-corrected chi connectivity index (χ4v) is 4.58. The molecular weight excluding hydrogens is 447 g/mol. The van der Waals surface area contributed by atoms with E-state index < -0.39 is 11.7 Å². The number of carbonyl (C=O) groups excluding carboxylic acids is 3. The van der Waals surface area contributed by atoms with E-state index in [-0.39, 0.29) is 36.7 Å². The number of alkyl halides is 3. The number of imide groups is 1. The van der Waals surface area contributed by atoms with Gasteiger partial charge in [-0.15, -0.1) is 0 Å². The number of piperidine rings is 1. The summed E-state index contributed by atoms with van der Waals surface area (Å²) in [6, 6.07) is 10.3. The number of hydrogen-bond acceptors (Lipinski definition) is 4. The maximum Gasteiger partial charge on any atom is 0.416 e. The average Bonchev–Trinajstić information content (AvgIpc) is 3.29. The molecule has 2 aliphatic rings. The third-order valence-electron chi connectivity index (χ3n) is 6.34. The molecule has 3 heterocycles. The molecule has 0 saturated carbocycles. The van der Waals surface area contributed by atoms with Crippen molar-refractivity contribution in [3.63, 3.8) is 0 Å². The number of carbonyl (C=O) groups is 3. The summed E-state index contributed by atoms with van der Waals surface area (Å²) in [5.74, 6) is -0.567. The standard InChI is InChI=1S/C25H26F3N3O3/c26-25(27,28)18-11-9-17(10-12-18)16-19-4-1-5-20(29-19)21-6-3-14-30(21)24(34)13-15-31-22(32)7-2-8-23(31)33/h1,4-5,9-12,21H,2-3,6-8,13-16H2/t21-/m0/s1. The SMILES string of the molecule is O=C1CCCC(=O)N1CCC(=O)N1CCC[C@H]1c1cccc(Cc2ccc(C(F)(F)F)cc2)n1. The molecule has 1 atom stereocenters. The Bertz CT molecular complexity index is 1050. The second-order valence-corrected chi connectivity index (χ2v) is 8.71. The van der Waals surface area contributed by atoms with Gasteiger partial charge in [0.1, 0.15) is 0 Å². The lowest BCUT2D eigenvalue weighted by Crippen LogP contribution is -2.42. The fourth-order valence-electron chi connectivity index (χ4n) is 4.58. The van der Waals surface area contributed by atoms with Gasteiger partial charge in [-0.3, -0.25) is 24.3 Å². The lowest BCUT2D eigenvalue weighted by Gasteiger charge is -2.28. The highest BCUT2D eigenvalue weighted by Crippen LogP contribution is 2.32. The van der Waals surface area contributed by atoms with Crippen LogP contribution in [0.15, 0.2) is 42.5 Å². The number of aromatic nitrogens is 1. The molecule has 0 unspecified atom stereocenters. The van der Waals surface area contributed by atoms with Crippen LogP contribution in [0.3, 0.4) is 0 Å². The van der Waals surface area contributed by atoms with Crippen molar-refractivity contribution >= 4 is 17.7 Å². The quantitative estimate of drug-likeness (QED) is 0.587. The second-order valence-electron chi connectivity index (χ2n) is 8.71. The Labute approximate surface area is 195 Å². The van der Waals surface area contributed by atoms with E-state index in [1.54, 1.807) is 4.90 Å². The van der Waals surface area contributed by atoms with Crippen LogP contribution in [0.2, 0.25) is 0 Å². The molecular formula is C25H26F3N3O3. The van der Waals surface area contributed by atoms with E-state index in [0.29, 0.717) is 43.5 Å². The number of pyridine rings is 1. The molecule has 6 nitrogen and oxygen atoms in total. The maximum atomic E-state index is 12.9. The molecule has 2 saturated heterocycles. The largest absolute Gasteiger partial charge is 0.416 e. The smallest absolute Gasteiger partial charge is 0.334 e. The fraction of sp³-hybridized carbons (Fsp3) is 0.440. The first-order valence-corrected chi connectivity index (χ1v) is 11.5. The summed E-state index contributed by atoms with van der Waals surface area (Å²) in [6.45, 7) is 0.678. The van der Waals surface area contributed by atoms with Gasteiger partial charge in [-0.25, -0.2) is 0 Å². The Morgan fingerprint density at radius 2 is 1.71 bits per heavy atom. The Hall–Kier alpha value is -3.23. The van der Waals surface area contributed by atoms with E-state index in [4.69, 9.17) is 4.98 Å². The molecule has 0 radical (unpaired) electrons. The van der Waals surface area contributed by atoms with E-state index in [1.165, 1.54) is 17.0 Å². The Kier molecular flexibility index (Phi) is 7.00. The van der Waals surface area contributed by atoms with Crippen LogP contribution in [-0.4, -0.2) is 45.6 Å². The predicted octanol–water partition coefficient (Wildman–Crippen LogP) is 4.28. The highest BCUT2D eigenvalue weighted by atomic mass is 19.4. The summed E-state index contributed by atoms with van der Waals surface area (Å²) >= 11 is 0. The van der Waals surface area contributed by atoms with Crippen LogP contribution in [0.1, 0.15) is 67.1 Å². The highest BCUT2D eigenvalue weighted by Gasteiger charge is 2.33. The Morgan fingerprint density at radius 3 is 2.38 bits per heavy atom. The normalized spacial score (nSPS) is 19.1. The highest BCUT2D eigenvalue weighted by molar-refractivity contribution is 5.97. The maximum absolute atomic E-state index is 12.9. The van der Waals surface area contributed by atoms with Gasteiger partial charge in [0.25, 0.3) is 0 Å². The second kappa shape index (κ2) is 9.95. The van der Waals surface area contributed by atoms with Crippen LogP contribution in [-0.2, 0) is 27.0 Å². The van der Waals surface area contributed by atoms with Crippen LogP contribution in [0.5, 0.6) is 0 Å². The van der Waals surface area contributed by atoms with Crippen molar-refractivity contribution in [3.8, 4) is 0 Å². The van der Waals surface area contributed by atoms with Crippen molar-refractivity contribution in [2.45, 2.75) is 57.2 Å². The van der Waals surface area contributed by atoms with Crippen LogP contribution < -0.4 is 0 Å². The molecule has 2 fully saturated rings. The number of benzene rings is 1. The molecule has 1 aromatic heterocycles. The zero-order valence-corrected chi connectivity index (χ0v) is 18.7. The zero-order chi connectivity index (χ0) is 24.3. The first-order valence-electron chi connectivity index (χ1n) is 11.5. The van der Waals surface area contributed by atoms with Crippen LogP contribution in [0, 0.1) is 0 Å². The molecule has 2 aromatic rings. The Morgan fingerprint density at radius 1 is 1.00 bits per heavy atom. The van der Waals surface area contributed by atoms with E-state index in [9.17, 15) is 27.6 Å². The molecule has 2 aliphatic heterocycles.